The molecule has 1 aromatic carbocycles. The van der Waals surface area contributed by atoms with Crippen LogP contribution in [0.4, 0.5) is 4.39 Å². The van der Waals surface area contributed by atoms with Gasteiger partial charge in [0, 0.05) is 31.0 Å². The second-order valence-corrected chi connectivity index (χ2v) is 9.03. The molecule has 1 spiro atoms. The van der Waals surface area contributed by atoms with Crippen molar-refractivity contribution in [2.24, 2.45) is 0 Å². The van der Waals surface area contributed by atoms with Crippen LogP contribution < -0.4 is 5.32 Å². The summed E-state index contributed by atoms with van der Waals surface area (Å²) in [6.45, 7) is 7.38. The Labute approximate surface area is 185 Å². The van der Waals surface area contributed by atoms with Gasteiger partial charge in [-0.1, -0.05) is 24.3 Å². The molecule has 4 nitrogen and oxygen atoms in total. The first kappa shape index (κ1) is 22.2. The highest BCUT2D eigenvalue weighted by Crippen LogP contribution is 2.48. The van der Waals surface area contributed by atoms with E-state index < -0.39 is 0 Å². The van der Waals surface area contributed by atoms with Gasteiger partial charge in [-0.3, -0.25) is 4.79 Å². The van der Waals surface area contributed by atoms with Gasteiger partial charge in [-0.25, -0.2) is 4.39 Å². The van der Waals surface area contributed by atoms with E-state index in [1.165, 1.54) is 11.1 Å². The summed E-state index contributed by atoms with van der Waals surface area (Å²) in [4.78, 5) is 14.6. The van der Waals surface area contributed by atoms with Crippen LogP contribution in [-0.2, 0) is 4.74 Å². The fraction of sp³-hybridized carbons (Fsp3) is 0.577. The first-order valence-corrected chi connectivity index (χ1v) is 11.9. The highest BCUT2D eigenvalue weighted by molar-refractivity contribution is 5.94. The van der Waals surface area contributed by atoms with Gasteiger partial charge in [0.1, 0.15) is 0 Å². The molecule has 2 heterocycles. The van der Waals surface area contributed by atoms with Crippen molar-refractivity contribution >= 4 is 5.91 Å². The molecule has 4 rings (SSSR count). The van der Waals surface area contributed by atoms with Crippen LogP contribution in [0.3, 0.4) is 0 Å². The van der Waals surface area contributed by atoms with E-state index in [9.17, 15) is 9.18 Å². The lowest BCUT2D eigenvalue weighted by Gasteiger charge is -2.49. The van der Waals surface area contributed by atoms with E-state index in [4.69, 9.17) is 4.74 Å². The average Bonchev–Trinajstić information content (AvgIpc) is 2.78. The molecule has 0 bridgehead atoms. The topological polar surface area (TPSA) is 41.6 Å². The Morgan fingerprint density at radius 2 is 1.87 bits per heavy atom. The van der Waals surface area contributed by atoms with Crippen molar-refractivity contribution in [3.05, 3.63) is 58.9 Å². The number of fused-ring (bicyclic) bond motifs is 1. The summed E-state index contributed by atoms with van der Waals surface area (Å²) in [5.41, 5.74) is 3.04. The van der Waals surface area contributed by atoms with Crippen LogP contribution >= 0.6 is 0 Å². The predicted octanol–water partition coefficient (Wildman–Crippen LogP) is 5.13. The monoisotopic (exact) mass is 426 g/mol. The number of carbonyl (C=O) groups is 1. The van der Waals surface area contributed by atoms with Gasteiger partial charge in [0.2, 0.25) is 0 Å². The summed E-state index contributed by atoms with van der Waals surface area (Å²) in [6, 6.07) is 8.12. The van der Waals surface area contributed by atoms with E-state index in [0.29, 0.717) is 25.9 Å². The Kier molecular flexibility index (Phi) is 6.92. The highest BCUT2D eigenvalue weighted by atomic mass is 19.1. The maximum absolute atomic E-state index is 14.1. The number of hydrogen-bond acceptors (Lipinski definition) is 3. The van der Waals surface area contributed by atoms with E-state index in [1.807, 2.05) is 30.9 Å². The number of rotatable bonds is 4. The van der Waals surface area contributed by atoms with E-state index in [1.54, 1.807) is 6.08 Å². The Hall–Kier alpha value is -1.98. The van der Waals surface area contributed by atoms with Gasteiger partial charge in [0.05, 0.1) is 17.5 Å². The van der Waals surface area contributed by atoms with Gasteiger partial charge >= 0.3 is 0 Å². The third-order valence-corrected chi connectivity index (χ3v) is 7.20. The third-order valence-electron chi connectivity index (χ3n) is 7.20. The molecule has 0 aromatic heterocycles. The van der Waals surface area contributed by atoms with Gasteiger partial charge in [-0.15, -0.1) is 0 Å². The van der Waals surface area contributed by atoms with Crippen molar-refractivity contribution in [1.82, 2.24) is 10.2 Å². The van der Waals surface area contributed by atoms with Crippen molar-refractivity contribution in [3.8, 4) is 0 Å². The zero-order valence-electron chi connectivity index (χ0n) is 18.8. The van der Waals surface area contributed by atoms with Crippen LogP contribution in [0, 0.1) is 0 Å². The second-order valence-electron chi connectivity index (χ2n) is 9.03. The minimum Gasteiger partial charge on any atom is -0.367 e. The Morgan fingerprint density at radius 1 is 1.16 bits per heavy atom. The van der Waals surface area contributed by atoms with Gasteiger partial charge in [0.15, 0.2) is 0 Å². The molecule has 5 heteroatoms. The molecule has 168 valence electrons. The number of allylic oxidation sites excluding steroid dienone is 3. The standard InChI is InChI=1S/C26H35FN2O2/c1-3-29(4-2)25(30)20-10-8-19(9-11-20)23-18-26(14-16-28-17-15-26)31-24-7-5-6-21(27)12-13-22(23)24/h6,8-11,13,23-24,28H,3-5,7,12,14-18H2,1-2H3/b21-6+,22-13-. The highest BCUT2D eigenvalue weighted by Gasteiger charge is 2.45. The lowest BCUT2D eigenvalue weighted by Crippen LogP contribution is -2.51. The fourth-order valence-corrected chi connectivity index (χ4v) is 5.39. The smallest absolute Gasteiger partial charge is 0.253 e. The molecule has 1 N–H and O–H groups in total. The van der Waals surface area contributed by atoms with E-state index in [-0.39, 0.29) is 29.4 Å². The molecule has 3 aliphatic rings. The summed E-state index contributed by atoms with van der Waals surface area (Å²) in [6.07, 6.45) is 8.64. The van der Waals surface area contributed by atoms with Gasteiger partial charge in [0.25, 0.3) is 5.91 Å². The minimum absolute atomic E-state index is 0.0400. The Balaban J connectivity index is 1.65. The fourth-order valence-electron chi connectivity index (χ4n) is 5.39. The molecule has 1 aromatic rings. The summed E-state index contributed by atoms with van der Waals surface area (Å²) in [5.74, 6) is 0.237. The van der Waals surface area contributed by atoms with Crippen LogP contribution in [0.2, 0.25) is 0 Å². The maximum atomic E-state index is 14.1. The van der Waals surface area contributed by atoms with Crippen molar-refractivity contribution in [2.75, 3.05) is 26.2 Å². The third kappa shape index (κ3) is 4.78. The Bertz CT molecular complexity index is 835. The number of halogens is 1. The number of benzene rings is 1. The van der Waals surface area contributed by atoms with Crippen molar-refractivity contribution in [1.29, 1.82) is 0 Å². The molecule has 1 aliphatic carbocycles. The molecule has 1 amide bonds. The quantitative estimate of drug-likeness (QED) is 0.679. The Morgan fingerprint density at radius 3 is 2.55 bits per heavy atom. The SMILES string of the molecule is CCN(CC)C(=O)c1ccc(C2CC3(CCNCC3)OC3CC/C=C(/F)C/C=C\32)cc1. The van der Waals surface area contributed by atoms with Crippen molar-refractivity contribution in [2.45, 2.75) is 70.0 Å². The number of hydrogen-bond donors (Lipinski definition) is 1. The second kappa shape index (κ2) is 9.66. The van der Waals surface area contributed by atoms with Crippen LogP contribution in [0.25, 0.3) is 0 Å². The van der Waals surface area contributed by atoms with E-state index in [0.717, 1.165) is 44.3 Å². The summed E-state index contributed by atoms with van der Waals surface area (Å²) in [5, 5.41) is 3.46. The number of piperidine rings is 1. The molecule has 2 saturated heterocycles. The lowest BCUT2D eigenvalue weighted by molar-refractivity contribution is -0.126. The van der Waals surface area contributed by atoms with Crippen LogP contribution in [0.15, 0.2) is 47.8 Å². The first-order chi connectivity index (χ1) is 15.0. The van der Waals surface area contributed by atoms with E-state index >= 15 is 0 Å². The molecule has 2 unspecified atom stereocenters. The molecule has 0 radical (unpaired) electrons. The predicted molar refractivity (Wildman–Crippen MR) is 122 cm³/mol. The van der Waals surface area contributed by atoms with Crippen LogP contribution in [0.5, 0.6) is 0 Å². The number of nitrogens with zero attached hydrogens (tertiary/aromatic N) is 1. The van der Waals surface area contributed by atoms with E-state index in [2.05, 4.69) is 23.5 Å². The maximum Gasteiger partial charge on any atom is 0.253 e. The van der Waals surface area contributed by atoms with Gasteiger partial charge < -0.3 is 15.0 Å². The number of nitrogens with one attached hydrogen (secondary N) is 1. The van der Waals surface area contributed by atoms with Gasteiger partial charge in [-0.05, 0) is 82.3 Å². The first-order valence-electron chi connectivity index (χ1n) is 11.9. The minimum atomic E-state index is -0.116. The lowest BCUT2D eigenvalue weighted by atomic mass is 9.72. The molecule has 2 fully saturated rings. The molecule has 0 saturated carbocycles. The summed E-state index contributed by atoms with van der Waals surface area (Å²) < 4.78 is 20.8. The largest absolute Gasteiger partial charge is 0.367 e. The zero-order chi connectivity index (χ0) is 21.8. The number of carbonyl (C=O) groups excluding carboxylic acids is 1. The molecule has 2 aliphatic heterocycles. The molecular weight excluding hydrogens is 391 g/mol. The van der Waals surface area contributed by atoms with Crippen LogP contribution in [0.1, 0.15) is 74.2 Å². The summed E-state index contributed by atoms with van der Waals surface area (Å²) in [7, 11) is 0. The number of amides is 1. The molecular formula is C26H35FN2O2. The normalized spacial score (nSPS) is 29.0. The zero-order valence-corrected chi connectivity index (χ0v) is 18.8. The molecule has 2 atom stereocenters. The summed E-state index contributed by atoms with van der Waals surface area (Å²) >= 11 is 0. The average molecular weight is 427 g/mol. The van der Waals surface area contributed by atoms with Crippen molar-refractivity contribution in [3.63, 3.8) is 0 Å². The molecule has 31 heavy (non-hydrogen) atoms. The number of ether oxygens (including phenoxy) is 1. The van der Waals surface area contributed by atoms with Crippen molar-refractivity contribution < 1.29 is 13.9 Å². The van der Waals surface area contributed by atoms with Crippen LogP contribution in [-0.4, -0.2) is 48.7 Å². The van der Waals surface area contributed by atoms with Gasteiger partial charge in [-0.2, -0.15) is 0 Å².